The molecule has 1 aliphatic heterocycles. The molecule has 0 atom stereocenters. The van der Waals surface area contributed by atoms with E-state index in [4.69, 9.17) is 0 Å². The number of nitrogens with one attached hydrogen (secondary N) is 1. The number of carbonyl (C=O) groups is 1. The van der Waals surface area contributed by atoms with E-state index in [1.165, 1.54) is 11.3 Å². The van der Waals surface area contributed by atoms with Crippen LogP contribution < -0.4 is 5.32 Å². The molecule has 0 spiro atoms. The van der Waals surface area contributed by atoms with Crippen LogP contribution in [0.1, 0.15) is 29.8 Å². The van der Waals surface area contributed by atoms with Gasteiger partial charge in [0, 0.05) is 17.9 Å². The second-order valence-electron chi connectivity index (χ2n) is 7.24. The molecular weight excluding hydrogens is 312 g/mol. The van der Waals surface area contributed by atoms with Gasteiger partial charge >= 0.3 is 0 Å². The van der Waals surface area contributed by atoms with Gasteiger partial charge in [-0.05, 0) is 70.8 Å². The first-order valence-corrected chi connectivity index (χ1v) is 9.09. The zero-order valence-electron chi connectivity index (χ0n) is 15.5. The van der Waals surface area contributed by atoms with Gasteiger partial charge in [-0.1, -0.05) is 17.7 Å². The normalized spacial score (nSPS) is 16.1. The molecule has 134 valence electrons. The van der Waals surface area contributed by atoms with Gasteiger partial charge in [0.1, 0.15) is 0 Å². The van der Waals surface area contributed by atoms with Crippen molar-refractivity contribution < 1.29 is 4.79 Å². The zero-order valence-corrected chi connectivity index (χ0v) is 15.5. The summed E-state index contributed by atoms with van der Waals surface area (Å²) in [5.41, 5.74) is 4.39. The first-order valence-electron chi connectivity index (χ1n) is 9.09. The molecule has 1 N–H and O–H groups in total. The molecule has 1 fully saturated rings. The Balaban J connectivity index is 1.43. The minimum absolute atomic E-state index is 0.0702. The van der Waals surface area contributed by atoms with E-state index >= 15 is 0 Å². The van der Waals surface area contributed by atoms with Crippen molar-refractivity contribution in [2.24, 2.45) is 5.92 Å². The molecule has 0 radical (unpaired) electrons. The van der Waals surface area contributed by atoms with Gasteiger partial charge in [0.05, 0.1) is 12.2 Å². The summed E-state index contributed by atoms with van der Waals surface area (Å²) in [4.78, 5) is 14.5. The van der Waals surface area contributed by atoms with Gasteiger partial charge in [0.2, 0.25) is 5.91 Å². The number of hydrogen-bond acceptors (Lipinski definition) is 3. The van der Waals surface area contributed by atoms with Crippen LogP contribution in [0.15, 0.2) is 30.3 Å². The van der Waals surface area contributed by atoms with E-state index in [1.54, 1.807) is 0 Å². The van der Waals surface area contributed by atoms with Crippen LogP contribution in [0.4, 0.5) is 5.69 Å². The molecule has 3 rings (SSSR count). The summed E-state index contributed by atoms with van der Waals surface area (Å²) >= 11 is 0. The second kappa shape index (κ2) is 7.83. The maximum Gasteiger partial charge on any atom is 0.238 e. The molecule has 1 aliphatic rings. The third-order valence-corrected chi connectivity index (χ3v) is 4.94. The van der Waals surface area contributed by atoms with E-state index in [9.17, 15) is 4.79 Å². The Hall–Kier alpha value is -2.14. The fraction of sp³-hybridized carbons (Fsp3) is 0.500. The van der Waals surface area contributed by atoms with Crippen LogP contribution in [0.2, 0.25) is 0 Å². The van der Waals surface area contributed by atoms with E-state index in [-0.39, 0.29) is 5.91 Å². The molecule has 0 aliphatic carbocycles. The highest BCUT2D eigenvalue weighted by Gasteiger charge is 2.22. The maximum absolute atomic E-state index is 12.2. The lowest BCUT2D eigenvalue weighted by molar-refractivity contribution is -0.117. The van der Waals surface area contributed by atoms with Crippen LogP contribution in [-0.2, 0) is 11.3 Å². The summed E-state index contributed by atoms with van der Waals surface area (Å²) in [5, 5.41) is 7.55. The van der Waals surface area contributed by atoms with Crippen LogP contribution in [0.3, 0.4) is 0 Å². The van der Waals surface area contributed by atoms with E-state index < -0.39 is 0 Å². The summed E-state index contributed by atoms with van der Waals surface area (Å²) in [6.07, 6.45) is 2.24. The molecule has 1 saturated heterocycles. The molecule has 1 aromatic heterocycles. The zero-order chi connectivity index (χ0) is 17.8. The van der Waals surface area contributed by atoms with E-state index in [2.05, 4.69) is 33.0 Å². The van der Waals surface area contributed by atoms with Crippen molar-refractivity contribution >= 4 is 11.6 Å². The van der Waals surface area contributed by atoms with Gasteiger partial charge in [-0.2, -0.15) is 5.10 Å². The highest BCUT2D eigenvalue weighted by Crippen LogP contribution is 2.20. The highest BCUT2D eigenvalue weighted by molar-refractivity contribution is 5.92. The molecule has 2 aromatic rings. The predicted molar refractivity (Wildman–Crippen MR) is 101 cm³/mol. The van der Waals surface area contributed by atoms with E-state index in [0.29, 0.717) is 12.5 Å². The molecule has 25 heavy (non-hydrogen) atoms. The highest BCUT2D eigenvalue weighted by atomic mass is 16.2. The van der Waals surface area contributed by atoms with Crippen LogP contribution >= 0.6 is 0 Å². The average Bonchev–Trinajstić information content (AvgIpc) is 2.89. The Bertz CT molecular complexity index is 712. The molecule has 1 aromatic carbocycles. The van der Waals surface area contributed by atoms with Gasteiger partial charge in [-0.25, -0.2) is 0 Å². The predicted octanol–water partition coefficient (Wildman–Crippen LogP) is 3.16. The Kier molecular flexibility index (Phi) is 5.53. The molecule has 0 bridgehead atoms. The summed E-state index contributed by atoms with van der Waals surface area (Å²) < 4.78 is 2.12. The summed E-state index contributed by atoms with van der Waals surface area (Å²) in [6, 6.07) is 10.1. The van der Waals surface area contributed by atoms with Crippen molar-refractivity contribution in [3.63, 3.8) is 0 Å². The molecule has 5 nitrogen and oxygen atoms in total. The number of carbonyl (C=O) groups excluding carboxylic acids is 1. The first-order chi connectivity index (χ1) is 12.0. The second-order valence-corrected chi connectivity index (χ2v) is 7.24. The molecule has 1 amide bonds. The number of benzene rings is 1. The number of hydrogen-bond donors (Lipinski definition) is 1. The lowest BCUT2D eigenvalue weighted by Crippen LogP contribution is -2.40. The van der Waals surface area contributed by atoms with Crippen LogP contribution in [0.5, 0.6) is 0 Å². The first kappa shape index (κ1) is 17.7. The number of rotatable bonds is 5. The number of likely N-dealkylation sites (tertiary alicyclic amines) is 1. The minimum Gasteiger partial charge on any atom is -0.325 e. The molecular formula is C20H28N4O. The standard InChI is InChI=1S/C20H28N4O/c1-15-4-6-19(7-5-15)21-20(25)14-23-10-8-18(9-11-23)13-24-17(3)12-16(2)22-24/h4-7,12,18H,8-11,13-14H2,1-3H3,(H,21,25). The fourth-order valence-corrected chi connectivity index (χ4v) is 3.47. The quantitative estimate of drug-likeness (QED) is 0.909. The van der Waals surface area contributed by atoms with Crippen molar-refractivity contribution in [3.8, 4) is 0 Å². The number of nitrogens with zero attached hydrogens (tertiary/aromatic N) is 3. The smallest absolute Gasteiger partial charge is 0.238 e. The van der Waals surface area contributed by atoms with Crippen LogP contribution in [0.25, 0.3) is 0 Å². The minimum atomic E-state index is 0.0702. The SMILES string of the molecule is Cc1ccc(NC(=O)CN2CCC(Cn3nc(C)cc3C)CC2)cc1. The van der Waals surface area contributed by atoms with Crippen LogP contribution in [0, 0.1) is 26.7 Å². The fourth-order valence-electron chi connectivity index (χ4n) is 3.47. The van der Waals surface area contributed by atoms with Crippen molar-refractivity contribution in [2.45, 2.75) is 40.2 Å². The average molecular weight is 340 g/mol. The largest absolute Gasteiger partial charge is 0.325 e. The number of anilines is 1. The molecule has 5 heteroatoms. The lowest BCUT2D eigenvalue weighted by atomic mass is 9.97. The van der Waals surface area contributed by atoms with Crippen LogP contribution in [-0.4, -0.2) is 40.2 Å². The monoisotopic (exact) mass is 340 g/mol. The number of piperidine rings is 1. The Morgan fingerprint density at radius 3 is 2.44 bits per heavy atom. The lowest BCUT2D eigenvalue weighted by Gasteiger charge is -2.31. The van der Waals surface area contributed by atoms with Crippen molar-refractivity contribution in [1.29, 1.82) is 0 Å². The number of amides is 1. The Labute approximate surface area is 150 Å². The van der Waals surface area contributed by atoms with Crippen molar-refractivity contribution in [2.75, 3.05) is 25.0 Å². The van der Waals surface area contributed by atoms with E-state index in [0.717, 1.165) is 43.9 Å². The van der Waals surface area contributed by atoms with Gasteiger partial charge in [0.15, 0.2) is 0 Å². The summed E-state index contributed by atoms with van der Waals surface area (Å²) in [7, 11) is 0. The Morgan fingerprint density at radius 1 is 1.16 bits per heavy atom. The number of aryl methyl sites for hydroxylation is 3. The molecule has 0 unspecified atom stereocenters. The van der Waals surface area contributed by atoms with Crippen molar-refractivity contribution in [1.82, 2.24) is 14.7 Å². The molecule has 2 heterocycles. The topological polar surface area (TPSA) is 50.2 Å². The third-order valence-electron chi connectivity index (χ3n) is 4.94. The van der Waals surface area contributed by atoms with Gasteiger partial charge in [-0.15, -0.1) is 0 Å². The number of aromatic nitrogens is 2. The van der Waals surface area contributed by atoms with E-state index in [1.807, 2.05) is 38.1 Å². The summed E-state index contributed by atoms with van der Waals surface area (Å²) in [6.45, 7) is 9.62. The van der Waals surface area contributed by atoms with Crippen molar-refractivity contribution in [3.05, 3.63) is 47.3 Å². The van der Waals surface area contributed by atoms with Gasteiger partial charge in [-0.3, -0.25) is 14.4 Å². The van der Waals surface area contributed by atoms with Gasteiger partial charge in [0.25, 0.3) is 0 Å². The Morgan fingerprint density at radius 2 is 1.84 bits per heavy atom. The maximum atomic E-state index is 12.2. The summed E-state index contributed by atoms with van der Waals surface area (Å²) in [5.74, 6) is 0.718. The third kappa shape index (κ3) is 4.92. The molecule has 0 saturated carbocycles. The van der Waals surface area contributed by atoms with Gasteiger partial charge < -0.3 is 5.32 Å².